The average Bonchev–Trinajstić information content (AvgIpc) is 2.78. The molecule has 0 spiro atoms. The highest BCUT2D eigenvalue weighted by molar-refractivity contribution is 5.13. The first-order chi connectivity index (χ1) is 5.74. The van der Waals surface area contributed by atoms with E-state index in [0.29, 0.717) is 12.6 Å². The molecule has 1 heterocycles. The van der Waals surface area contributed by atoms with E-state index in [2.05, 4.69) is 4.98 Å². The molecule has 0 unspecified atom stereocenters. The molecule has 0 bridgehead atoms. The van der Waals surface area contributed by atoms with Crippen LogP contribution in [-0.4, -0.2) is 9.55 Å². The number of nitrogens with zero attached hydrogens (tertiary/aromatic N) is 1. The van der Waals surface area contributed by atoms with Gasteiger partial charge in [0.05, 0.1) is 5.69 Å². The Bertz CT molecular complexity index is 346. The van der Waals surface area contributed by atoms with Crippen LogP contribution in [0.15, 0.2) is 4.79 Å². The van der Waals surface area contributed by atoms with Gasteiger partial charge in [0.2, 0.25) is 0 Å². The zero-order chi connectivity index (χ0) is 8.72. The molecule has 3 N–H and O–H groups in total. The molecule has 4 nitrogen and oxygen atoms in total. The van der Waals surface area contributed by atoms with Crippen LogP contribution in [0.1, 0.15) is 30.3 Å². The Balaban J connectivity index is 2.54. The molecule has 1 saturated carbocycles. The quantitative estimate of drug-likeness (QED) is 0.664. The molecule has 1 aromatic rings. The SMILES string of the molecule is Cc1[nH]c(=O)n(C2CC2)c1CN. The minimum absolute atomic E-state index is 0.00421. The molecule has 12 heavy (non-hydrogen) atoms. The van der Waals surface area contributed by atoms with Crippen molar-refractivity contribution in [2.24, 2.45) is 5.73 Å². The van der Waals surface area contributed by atoms with Crippen LogP contribution in [0.25, 0.3) is 0 Å². The van der Waals surface area contributed by atoms with E-state index >= 15 is 0 Å². The van der Waals surface area contributed by atoms with Gasteiger partial charge in [-0.3, -0.25) is 4.57 Å². The third-order valence-corrected chi connectivity index (χ3v) is 2.34. The third-order valence-electron chi connectivity index (χ3n) is 2.34. The van der Waals surface area contributed by atoms with E-state index in [-0.39, 0.29) is 5.69 Å². The van der Waals surface area contributed by atoms with E-state index in [9.17, 15) is 4.79 Å². The minimum Gasteiger partial charge on any atom is -0.325 e. The monoisotopic (exact) mass is 167 g/mol. The summed E-state index contributed by atoms with van der Waals surface area (Å²) in [5.41, 5.74) is 7.42. The Kier molecular flexibility index (Phi) is 1.58. The van der Waals surface area contributed by atoms with Crippen LogP contribution in [-0.2, 0) is 6.54 Å². The second-order valence-electron chi connectivity index (χ2n) is 3.31. The van der Waals surface area contributed by atoms with E-state index in [4.69, 9.17) is 5.73 Å². The molecule has 4 heteroatoms. The molecular weight excluding hydrogens is 154 g/mol. The summed E-state index contributed by atoms with van der Waals surface area (Å²) in [7, 11) is 0. The van der Waals surface area contributed by atoms with Crippen molar-refractivity contribution in [3.05, 3.63) is 21.9 Å². The van der Waals surface area contributed by atoms with Crippen LogP contribution >= 0.6 is 0 Å². The van der Waals surface area contributed by atoms with Crippen molar-refractivity contribution in [1.29, 1.82) is 0 Å². The Morgan fingerprint density at radius 2 is 2.33 bits per heavy atom. The van der Waals surface area contributed by atoms with Gasteiger partial charge in [-0.1, -0.05) is 0 Å². The predicted molar refractivity (Wildman–Crippen MR) is 46.0 cm³/mol. The van der Waals surface area contributed by atoms with Gasteiger partial charge < -0.3 is 10.7 Å². The minimum atomic E-state index is -0.00421. The van der Waals surface area contributed by atoms with E-state index in [0.717, 1.165) is 24.2 Å². The number of rotatable bonds is 2. The largest absolute Gasteiger partial charge is 0.326 e. The van der Waals surface area contributed by atoms with E-state index < -0.39 is 0 Å². The van der Waals surface area contributed by atoms with Crippen molar-refractivity contribution in [2.75, 3.05) is 0 Å². The number of hydrogen-bond acceptors (Lipinski definition) is 2. The molecule has 0 atom stereocenters. The maximum atomic E-state index is 11.4. The maximum Gasteiger partial charge on any atom is 0.326 e. The van der Waals surface area contributed by atoms with Gasteiger partial charge in [0, 0.05) is 18.3 Å². The van der Waals surface area contributed by atoms with Crippen molar-refractivity contribution >= 4 is 0 Å². The number of aromatic nitrogens is 2. The van der Waals surface area contributed by atoms with Crippen molar-refractivity contribution in [3.8, 4) is 0 Å². The standard InChI is InChI=1S/C8H13N3O/c1-5-7(4-9)11(6-2-3-6)8(12)10-5/h6H,2-4,9H2,1H3,(H,10,12). The highest BCUT2D eigenvalue weighted by Crippen LogP contribution is 2.34. The lowest BCUT2D eigenvalue weighted by molar-refractivity contribution is 0.667. The van der Waals surface area contributed by atoms with E-state index in [1.807, 2.05) is 6.92 Å². The Morgan fingerprint density at radius 3 is 2.83 bits per heavy atom. The second-order valence-corrected chi connectivity index (χ2v) is 3.31. The van der Waals surface area contributed by atoms with Crippen LogP contribution in [0, 0.1) is 6.92 Å². The maximum absolute atomic E-state index is 11.4. The lowest BCUT2D eigenvalue weighted by Crippen LogP contribution is -2.18. The molecule has 0 radical (unpaired) electrons. The van der Waals surface area contributed by atoms with E-state index in [1.165, 1.54) is 0 Å². The van der Waals surface area contributed by atoms with E-state index in [1.54, 1.807) is 4.57 Å². The van der Waals surface area contributed by atoms with Gasteiger partial charge >= 0.3 is 5.69 Å². The molecule has 0 amide bonds. The predicted octanol–water partition coefficient (Wildman–Crippen LogP) is 0.278. The first kappa shape index (κ1) is 7.61. The second kappa shape index (κ2) is 2.48. The topological polar surface area (TPSA) is 63.8 Å². The number of aromatic amines is 1. The van der Waals surface area contributed by atoms with Crippen LogP contribution in [0.5, 0.6) is 0 Å². The smallest absolute Gasteiger partial charge is 0.325 e. The third kappa shape index (κ3) is 0.992. The zero-order valence-electron chi connectivity index (χ0n) is 7.13. The van der Waals surface area contributed by atoms with Gasteiger partial charge in [-0.05, 0) is 19.8 Å². The van der Waals surface area contributed by atoms with Crippen molar-refractivity contribution in [2.45, 2.75) is 32.4 Å². The number of nitrogens with one attached hydrogen (secondary N) is 1. The highest BCUT2D eigenvalue weighted by Gasteiger charge is 2.27. The van der Waals surface area contributed by atoms with Crippen LogP contribution in [0.4, 0.5) is 0 Å². The van der Waals surface area contributed by atoms with Gasteiger partial charge in [0.15, 0.2) is 0 Å². The van der Waals surface area contributed by atoms with Crippen LogP contribution in [0.3, 0.4) is 0 Å². The zero-order valence-corrected chi connectivity index (χ0v) is 7.13. The summed E-state index contributed by atoms with van der Waals surface area (Å²) in [5, 5.41) is 0. The number of aryl methyl sites for hydroxylation is 1. The van der Waals surface area contributed by atoms with Crippen molar-refractivity contribution in [1.82, 2.24) is 9.55 Å². The molecular formula is C8H13N3O. The number of hydrogen-bond donors (Lipinski definition) is 2. The van der Waals surface area contributed by atoms with Gasteiger partial charge in [-0.25, -0.2) is 4.79 Å². The summed E-state index contributed by atoms with van der Waals surface area (Å²) in [4.78, 5) is 14.1. The Hall–Kier alpha value is -1.03. The van der Waals surface area contributed by atoms with Crippen LogP contribution in [0.2, 0.25) is 0 Å². The number of imidazole rings is 1. The molecule has 1 fully saturated rings. The first-order valence-corrected chi connectivity index (χ1v) is 4.24. The molecule has 2 rings (SSSR count). The Labute approximate surface area is 70.4 Å². The molecule has 1 aliphatic rings. The molecule has 1 aliphatic carbocycles. The van der Waals surface area contributed by atoms with Gasteiger partial charge in [-0.15, -0.1) is 0 Å². The Morgan fingerprint density at radius 1 is 1.67 bits per heavy atom. The van der Waals surface area contributed by atoms with Gasteiger partial charge in [0.25, 0.3) is 0 Å². The summed E-state index contributed by atoms with van der Waals surface area (Å²) in [6, 6.07) is 0.418. The highest BCUT2D eigenvalue weighted by atomic mass is 16.1. The molecule has 0 aliphatic heterocycles. The molecule has 0 saturated heterocycles. The summed E-state index contributed by atoms with van der Waals surface area (Å²) >= 11 is 0. The molecule has 0 aromatic carbocycles. The summed E-state index contributed by atoms with van der Waals surface area (Å²) in [6.45, 7) is 2.34. The summed E-state index contributed by atoms with van der Waals surface area (Å²) in [5.74, 6) is 0. The number of nitrogens with two attached hydrogens (primary N) is 1. The average molecular weight is 167 g/mol. The van der Waals surface area contributed by atoms with Gasteiger partial charge in [-0.2, -0.15) is 0 Å². The number of H-pyrrole nitrogens is 1. The fourth-order valence-corrected chi connectivity index (χ4v) is 1.57. The van der Waals surface area contributed by atoms with Gasteiger partial charge in [0.1, 0.15) is 0 Å². The van der Waals surface area contributed by atoms with Crippen LogP contribution < -0.4 is 11.4 Å². The fourth-order valence-electron chi connectivity index (χ4n) is 1.57. The van der Waals surface area contributed by atoms with Crippen molar-refractivity contribution < 1.29 is 0 Å². The summed E-state index contributed by atoms with van der Waals surface area (Å²) < 4.78 is 1.80. The molecule has 66 valence electrons. The normalized spacial score (nSPS) is 16.8. The first-order valence-electron chi connectivity index (χ1n) is 4.24. The lowest BCUT2D eigenvalue weighted by atomic mass is 10.3. The summed E-state index contributed by atoms with van der Waals surface area (Å²) in [6.07, 6.45) is 2.23. The lowest BCUT2D eigenvalue weighted by Gasteiger charge is -2.02. The molecule has 1 aromatic heterocycles. The van der Waals surface area contributed by atoms with Crippen molar-refractivity contribution in [3.63, 3.8) is 0 Å². The fraction of sp³-hybridized carbons (Fsp3) is 0.625.